The van der Waals surface area contributed by atoms with Gasteiger partial charge in [-0.15, -0.1) is 0 Å². The summed E-state index contributed by atoms with van der Waals surface area (Å²) in [5.74, 6) is -2.30. The second-order valence-electron chi connectivity index (χ2n) is 3.94. The quantitative estimate of drug-likeness (QED) is 0.483. The van der Waals surface area contributed by atoms with Crippen LogP contribution in [-0.2, 0) is 9.59 Å². The number of ketones is 1. The summed E-state index contributed by atoms with van der Waals surface area (Å²) in [5, 5.41) is 19.7. The van der Waals surface area contributed by atoms with Crippen molar-refractivity contribution >= 4 is 17.7 Å². The highest BCUT2D eigenvalue weighted by molar-refractivity contribution is 6.07. The van der Waals surface area contributed by atoms with Crippen molar-refractivity contribution in [3.05, 3.63) is 35.9 Å². The highest BCUT2D eigenvalue weighted by Crippen LogP contribution is 2.03. The van der Waals surface area contributed by atoms with Gasteiger partial charge in [0, 0.05) is 18.6 Å². The number of aliphatic hydroxyl groups excluding tert-OH is 1. The summed E-state index contributed by atoms with van der Waals surface area (Å²) in [6.07, 6.45) is -0.514. The van der Waals surface area contributed by atoms with Gasteiger partial charge < -0.3 is 15.5 Å². The van der Waals surface area contributed by atoms with Crippen LogP contribution in [0.2, 0.25) is 0 Å². The molecule has 0 aliphatic rings. The van der Waals surface area contributed by atoms with Crippen LogP contribution < -0.4 is 5.32 Å². The Morgan fingerprint density at radius 2 is 1.79 bits per heavy atom. The average Bonchev–Trinajstić information content (AvgIpc) is 2.39. The van der Waals surface area contributed by atoms with Crippen molar-refractivity contribution in [2.75, 3.05) is 6.61 Å². The molecule has 1 aromatic rings. The minimum atomic E-state index is -1.24. The molecule has 0 spiro atoms. The maximum Gasteiger partial charge on any atom is 0.326 e. The largest absolute Gasteiger partial charge is 0.480 e. The lowest BCUT2D eigenvalue weighted by Crippen LogP contribution is -2.42. The molecule has 6 heteroatoms. The van der Waals surface area contributed by atoms with Gasteiger partial charge in [-0.25, -0.2) is 4.79 Å². The van der Waals surface area contributed by atoms with Crippen LogP contribution in [-0.4, -0.2) is 40.5 Å². The van der Waals surface area contributed by atoms with E-state index in [0.717, 1.165) is 0 Å². The molecule has 1 amide bonds. The third kappa shape index (κ3) is 4.89. The van der Waals surface area contributed by atoms with E-state index in [1.54, 1.807) is 30.3 Å². The number of benzene rings is 1. The number of aliphatic hydroxyl groups is 1. The van der Waals surface area contributed by atoms with Crippen LogP contribution in [0.15, 0.2) is 30.3 Å². The second kappa shape index (κ2) is 7.27. The number of aliphatic carboxylic acids is 1. The zero-order valence-corrected chi connectivity index (χ0v) is 10.2. The van der Waals surface area contributed by atoms with E-state index in [9.17, 15) is 14.4 Å². The molecule has 0 bridgehead atoms. The maximum absolute atomic E-state index is 11.7. The molecule has 3 N–H and O–H groups in total. The maximum atomic E-state index is 11.7. The fraction of sp³-hybridized carbons (Fsp3) is 0.308. The van der Waals surface area contributed by atoms with E-state index in [2.05, 4.69) is 5.32 Å². The summed E-state index contributed by atoms with van der Waals surface area (Å²) in [6.45, 7) is -0.357. The van der Waals surface area contributed by atoms with Gasteiger partial charge in [-0.05, 0) is 0 Å². The van der Waals surface area contributed by atoms with Crippen molar-refractivity contribution in [2.45, 2.75) is 18.9 Å². The molecule has 0 saturated heterocycles. The summed E-state index contributed by atoms with van der Waals surface area (Å²) >= 11 is 0. The molecule has 6 nitrogen and oxygen atoms in total. The van der Waals surface area contributed by atoms with Gasteiger partial charge in [-0.2, -0.15) is 0 Å². The normalized spacial score (nSPS) is 11.6. The Kier molecular flexibility index (Phi) is 5.69. The smallest absolute Gasteiger partial charge is 0.326 e. The second-order valence-corrected chi connectivity index (χ2v) is 3.94. The van der Waals surface area contributed by atoms with Gasteiger partial charge in [0.2, 0.25) is 5.91 Å². The summed E-state index contributed by atoms with van der Waals surface area (Å²) < 4.78 is 0. The van der Waals surface area contributed by atoms with E-state index in [-0.39, 0.29) is 18.8 Å². The predicted octanol–water partition coefficient (Wildman–Crippen LogP) is 0.211. The number of carbonyl (C=O) groups is 3. The number of Topliss-reactive ketones (excluding diaryl/α,β-unsaturated/α-hetero) is 1. The van der Waals surface area contributed by atoms with Gasteiger partial charge in [0.05, 0.1) is 6.42 Å². The van der Waals surface area contributed by atoms with Crippen LogP contribution in [0.3, 0.4) is 0 Å². The predicted molar refractivity (Wildman–Crippen MR) is 66.7 cm³/mol. The zero-order valence-electron chi connectivity index (χ0n) is 10.2. The van der Waals surface area contributed by atoms with Gasteiger partial charge >= 0.3 is 5.97 Å². The molecule has 1 aromatic carbocycles. The number of rotatable bonds is 7. The fourth-order valence-corrected chi connectivity index (χ4v) is 1.50. The molecule has 1 atom stereocenters. The Labute approximate surface area is 110 Å². The summed E-state index contributed by atoms with van der Waals surface area (Å²) in [6, 6.07) is 7.09. The van der Waals surface area contributed by atoms with Gasteiger partial charge in [0.15, 0.2) is 5.78 Å². The third-order valence-electron chi connectivity index (χ3n) is 2.47. The Bertz CT molecular complexity index is 457. The Morgan fingerprint density at radius 1 is 1.16 bits per heavy atom. The lowest BCUT2D eigenvalue weighted by atomic mass is 10.1. The number of amides is 1. The van der Waals surface area contributed by atoms with E-state index in [1.807, 2.05) is 0 Å². The molecule has 0 heterocycles. The highest BCUT2D eigenvalue weighted by atomic mass is 16.4. The number of carbonyl (C=O) groups excluding carboxylic acids is 2. The topological polar surface area (TPSA) is 104 Å². The first-order valence-corrected chi connectivity index (χ1v) is 5.76. The van der Waals surface area contributed by atoms with Crippen LogP contribution in [0.4, 0.5) is 0 Å². The molecule has 0 saturated carbocycles. The van der Waals surface area contributed by atoms with E-state index >= 15 is 0 Å². The molecule has 102 valence electrons. The number of hydrogen-bond donors (Lipinski definition) is 3. The van der Waals surface area contributed by atoms with Crippen molar-refractivity contribution in [2.24, 2.45) is 0 Å². The van der Waals surface area contributed by atoms with Crippen molar-refractivity contribution in [1.29, 1.82) is 0 Å². The molecule has 0 unspecified atom stereocenters. The molecular formula is C13H15NO5. The van der Waals surface area contributed by atoms with Crippen molar-refractivity contribution in [3.8, 4) is 0 Å². The first kappa shape index (κ1) is 14.8. The van der Waals surface area contributed by atoms with Crippen molar-refractivity contribution < 1.29 is 24.6 Å². The van der Waals surface area contributed by atoms with Gasteiger partial charge in [-0.3, -0.25) is 9.59 Å². The molecule has 0 aliphatic carbocycles. The van der Waals surface area contributed by atoms with E-state index in [0.29, 0.717) is 5.56 Å². The van der Waals surface area contributed by atoms with Crippen LogP contribution in [0.1, 0.15) is 23.2 Å². The zero-order chi connectivity index (χ0) is 14.3. The lowest BCUT2D eigenvalue weighted by Gasteiger charge is -2.12. The van der Waals surface area contributed by atoms with Crippen LogP contribution >= 0.6 is 0 Å². The summed E-state index contributed by atoms with van der Waals surface area (Å²) in [7, 11) is 0. The lowest BCUT2D eigenvalue weighted by molar-refractivity contribution is -0.142. The Balaban J connectivity index is 2.55. The monoisotopic (exact) mass is 265 g/mol. The number of hydrogen-bond acceptors (Lipinski definition) is 4. The van der Waals surface area contributed by atoms with Crippen molar-refractivity contribution in [3.63, 3.8) is 0 Å². The molecule has 0 radical (unpaired) electrons. The van der Waals surface area contributed by atoms with Gasteiger partial charge in [-0.1, -0.05) is 30.3 Å². The first-order valence-electron chi connectivity index (χ1n) is 5.76. The Hall–Kier alpha value is -2.21. The summed E-state index contributed by atoms with van der Waals surface area (Å²) in [4.78, 5) is 34.0. The highest BCUT2D eigenvalue weighted by Gasteiger charge is 2.20. The molecule has 0 aromatic heterocycles. The van der Waals surface area contributed by atoms with Crippen LogP contribution in [0, 0.1) is 0 Å². The standard InChI is InChI=1S/C13H15NO5/c15-7-6-10(13(18)19)14-12(17)8-11(16)9-4-2-1-3-5-9/h1-5,10,15H,6-8H2,(H,14,17)(H,18,19)/t10-/m1/s1. The van der Waals surface area contributed by atoms with Crippen molar-refractivity contribution in [1.82, 2.24) is 5.32 Å². The Morgan fingerprint density at radius 3 is 2.32 bits per heavy atom. The number of nitrogens with one attached hydrogen (secondary N) is 1. The van der Waals surface area contributed by atoms with E-state index in [4.69, 9.17) is 10.2 Å². The molecule has 19 heavy (non-hydrogen) atoms. The SMILES string of the molecule is O=C(CC(=O)c1ccccc1)N[C@H](CCO)C(=O)O. The van der Waals surface area contributed by atoms with Crippen LogP contribution in [0.25, 0.3) is 0 Å². The molecule has 0 fully saturated rings. The van der Waals surface area contributed by atoms with Gasteiger partial charge in [0.25, 0.3) is 0 Å². The van der Waals surface area contributed by atoms with Gasteiger partial charge in [0.1, 0.15) is 6.04 Å². The summed E-state index contributed by atoms with van der Waals surface area (Å²) in [5.41, 5.74) is 0.395. The van der Waals surface area contributed by atoms with E-state index in [1.165, 1.54) is 0 Å². The third-order valence-corrected chi connectivity index (χ3v) is 2.47. The number of carboxylic acid groups (broad SMARTS) is 1. The first-order chi connectivity index (χ1) is 9.04. The fourth-order valence-electron chi connectivity index (χ4n) is 1.50. The minimum absolute atomic E-state index is 0.0966. The van der Waals surface area contributed by atoms with E-state index < -0.39 is 24.3 Å². The molecule has 0 aliphatic heterocycles. The average molecular weight is 265 g/mol. The molecular weight excluding hydrogens is 250 g/mol. The minimum Gasteiger partial charge on any atom is -0.480 e. The van der Waals surface area contributed by atoms with Crippen LogP contribution in [0.5, 0.6) is 0 Å². The number of carboxylic acids is 1. The molecule has 1 rings (SSSR count).